The average Bonchev–Trinajstić information content (AvgIpc) is 2.01. The number of ether oxygens (including phenoxy) is 1. The Bertz CT molecular complexity index is 178. The molecule has 76 valence electrons. The molecule has 1 unspecified atom stereocenters. The van der Waals surface area contributed by atoms with Gasteiger partial charge in [0, 0.05) is 11.0 Å². The lowest BCUT2D eigenvalue weighted by Gasteiger charge is -2.09. The van der Waals surface area contributed by atoms with Crippen molar-refractivity contribution >= 4 is 17.7 Å². The Kier molecular flexibility index (Phi) is 6.77. The SMILES string of the molecule is C=C(C)CSC(C)CC(=O)OCC. The molecule has 0 aliphatic rings. The fourth-order valence-electron chi connectivity index (χ4n) is 0.798. The highest BCUT2D eigenvalue weighted by Crippen LogP contribution is 2.16. The normalized spacial score (nSPS) is 12.2. The zero-order chi connectivity index (χ0) is 10.3. The van der Waals surface area contributed by atoms with Crippen molar-refractivity contribution in [2.24, 2.45) is 0 Å². The van der Waals surface area contributed by atoms with Crippen molar-refractivity contribution < 1.29 is 9.53 Å². The lowest BCUT2D eigenvalue weighted by molar-refractivity contribution is -0.142. The molecule has 0 N–H and O–H groups in total. The molecule has 1 atom stereocenters. The van der Waals surface area contributed by atoms with Gasteiger partial charge in [0.05, 0.1) is 13.0 Å². The minimum atomic E-state index is -0.107. The van der Waals surface area contributed by atoms with Gasteiger partial charge >= 0.3 is 5.97 Å². The van der Waals surface area contributed by atoms with E-state index in [0.717, 1.165) is 11.3 Å². The molecule has 3 heteroatoms. The van der Waals surface area contributed by atoms with Crippen molar-refractivity contribution in [3.05, 3.63) is 12.2 Å². The van der Waals surface area contributed by atoms with Crippen LogP contribution in [0.1, 0.15) is 27.2 Å². The predicted octanol–water partition coefficient (Wildman–Crippen LogP) is 2.64. The second-order valence-corrected chi connectivity index (χ2v) is 4.51. The van der Waals surface area contributed by atoms with Crippen LogP contribution in [0.3, 0.4) is 0 Å². The highest BCUT2D eigenvalue weighted by molar-refractivity contribution is 8.00. The molecule has 0 aromatic heterocycles. The summed E-state index contributed by atoms with van der Waals surface area (Å²) < 4.78 is 4.84. The third-order valence-electron chi connectivity index (χ3n) is 1.37. The van der Waals surface area contributed by atoms with Crippen LogP contribution in [0, 0.1) is 0 Å². The lowest BCUT2D eigenvalue weighted by Crippen LogP contribution is -2.11. The van der Waals surface area contributed by atoms with Crippen LogP contribution < -0.4 is 0 Å². The first-order valence-electron chi connectivity index (χ1n) is 4.47. The molecule has 0 heterocycles. The summed E-state index contributed by atoms with van der Waals surface area (Å²) in [5.74, 6) is 0.810. The van der Waals surface area contributed by atoms with E-state index in [1.54, 1.807) is 11.8 Å². The van der Waals surface area contributed by atoms with Gasteiger partial charge in [-0.05, 0) is 13.8 Å². The van der Waals surface area contributed by atoms with Crippen molar-refractivity contribution in [3.63, 3.8) is 0 Å². The maximum Gasteiger partial charge on any atom is 0.306 e. The summed E-state index contributed by atoms with van der Waals surface area (Å²) in [5.41, 5.74) is 1.14. The number of carbonyl (C=O) groups excluding carboxylic acids is 1. The third kappa shape index (κ3) is 7.91. The van der Waals surface area contributed by atoms with Crippen LogP contribution in [-0.4, -0.2) is 23.6 Å². The molecule has 0 saturated heterocycles. The Balaban J connectivity index is 3.55. The van der Waals surface area contributed by atoms with Crippen LogP contribution in [0.25, 0.3) is 0 Å². The Morgan fingerprint density at radius 1 is 1.62 bits per heavy atom. The first-order valence-corrected chi connectivity index (χ1v) is 5.52. The highest BCUT2D eigenvalue weighted by Gasteiger charge is 2.09. The van der Waals surface area contributed by atoms with Gasteiger partial charge in [0.25, 0.3) is 0 Å². The van der Waals surface area contributed by atoms with Crippen LogP contribution >= 0.6 is 11.8 Å². The summed E-state index contributed by atoms with van der Waals surface area (Å²) >= 11 is 1.74. The molecule has 13 heavy (non-hydrogen) atoms. The van der Waals surface area contributed by atoms with Crippen molar-refractivity contribution in [2.75, 3.05) is 12.4 Å². The number of hydrogen-bond acceptors (Lipinski definition) is 3. The molecule has 0 aliphatic heterocycles. The highest BCUT2D eigenvalue weighted by atomic mass is 32.2. The van der Waals surface area contributed by atoms with E-state index in [9.17, 15) is 4.79 Å². The van der Waals surface area contributed by atoms with E-state index in [4.69, 9.17) is 4.74 Å². The molecule has 0 aromatic rings. The maximum absolute atomic E-state index is 11.0. The van der Waals surface area contributed by atoms with Crippen molar-refractivity contribution in [1.29, 1.82) is 0 Å². The number of hydrogen-bond donors (Lipinski definition) is 0. The van der Waals surface area contributed by atoms with Gasteiger partial charge in [0.15, 0.2) is 0 Å². The Morgan fingerprint density at radius 3 is 2.69 bits per heavy atom. The quantitative estimate of drug-likeness (QED) is 0.489. The van der Waals surface area contributed by atoms with E-state index in [-0.39, 0.29) is 5.97 Å². The molecule has 0 aliphatic carbocycles. The van der Waals surface area contributed by atoms with Crippen molar-refractivity contribution in [3.8, 4) is 0 Å². The van der Waals surface area contributed by atoms with Gasteiger partial charge in [-0.15, -0.1) is 0 Å². The topological polar surface area (TPSA) is 26.3 Å². The fourth-order valence-corrected chi connectivity index (χ4v) is 1.62. The first-order chi connectivity index (χ1) is 6.06. The second-order valence-electron chi connectivity index (χ2n) is 3.09. The number of carbonyl (C=O) groups is 1. The summed E-state index contributed by atoms with van der Waals surface area (Å²) in [6.07, 6.45) is 0.492. The second kappa shape index (κ2) is 7.01. The molecule has 0 aromatic carbocycles. The van der Waals surface area contributed by atoms with Crippen LogP contribution in [-0.2, 0) is 9.53 Å². The van der Waals surface area contributed by atoms with Gasteiger partial charge in [0.1, 0.15) is 0 Å². The molecule has 0 rings (SSSR count). The first kappa shape index (κ1) is 12.6. The van der Waals surface area contributed by atoms with Gasteiger partial charge in [-0.1, -0.05) is 19.1 Å². The molecule has 2 nitrogen and oxygen atoms in total. The molecular formula is C10H18O2S. The monoisotopic (exact) mass is 202 g/mol. The van der Waals surface area contributed by atoms with E-state index in [1.165, 1.54) is 0 Å². The Labute approximate surface area is 84.7 Å². The summed E-state index contributed by atoms with van der Waals surface area (Å²) in [5, 5.41) is 0.316. The van der Waals surface area contributed by atoms with Gasteiger partial charge in [-0.3, -0.25) is 4.79 Å². The Morgan fingerprint density at radius 2 is 2.23 bits per heavy atom. The summed E-state index contributed by atoms with van der Waals surface area (Å²) in [4.78, 5) is 11.0. The van der Waals surface area contributed by atoms with Crippen LogP contribution in [0.4, 0.5) is 0 Å². The standard InChI is InChI=1S/C10H18O2S/c1-5-12-10(11)6-9(4)13-7-8(2)3/h9H,2,5-7H2,1,3-4H3. The van der Waals surface area contributed by atoms with Crippen LogP contribution in [0.15, 0.2) is 12.2 Å². The smallest absolute Gasteiger partial charge is 0.306 e. The minimum absolute atomic E-state index is 0.107. The third-order valence-corrected chi connectivity index (χ3v) is 2.77. The molecule has 0 fully saturated rings. The molecular weight excluding hydrogens is 184 g/mol. The molecule has 0 amide bonds. The van der Waals surface area contributed by atoms with Gasteiger partial charge in [-0.2, -0.15) is 11.8 Å². The largest absolute Gasteiger partial charge is 0.466 e. The van der Waals surface area contributed by atoms with Gasteiger partial charge in [-0.25, -0.2) is 0 Å². The maximum atomic E-state index is 11.0. The zero-order valence-electron chi connectivity index (χ0n) is 8.63. The summed E-state index contributed by atoms with van der Waals surface area (Å²) in [6, 6.07) is 0. The van der Waals surface area contributed by atoms with Gasteiger partial charge < -0.3 is 4.74 Å². The van der Waals surface area contributed by atoms with Crippen LogP contribution in [0.5, 0.6) is 0 Å². The number of rotatable bonds is 6. The van der Waals surface area contributed by atoms with Crippen molar-refractivity contribution in [2.45, 2.75) is 32.4 Å². The van der Waals surface area contributed by atoms with E-state index < -0.39 is 0 Å². The molecule has 0 radical (unpaired) electrons. The molecule has 0 saturated carbocycles. The van der Waals surface area contributed by atoms with E-state index >= 15 is 0 Å². The molecule has 0 spiro atoms. The van der Waals surface area contributed by atoms with Crippen LogP contribution in [0.2, 0.25) is 0 Å². The zero-order valence-corrected chi connectivity index (χ0v) is 9.45. The van der Waals surface area contributed by atoms with E-state index in [2.05, 4.69) is 6.58 Å². The number of thioether (sulfide) groups is 1. The van der Waals surface area contributed by atoms with Gasteiger partial charge in [0.2, 0.25) is 0 Å². The summed E-state index contributed by atoms with van der Waals surface area (Å²) in [7, 11) is 0. The van der Waals surface area contributed by atoms with E-state index in [1.807, 2.05) is 20.8 Å². The van der Waals surface area contributed by atoms with E-state index in [0.29, 0.717) is 18.3 Å². The fraction of sp³-hybridized carbons (Fsp3) is 0.700. The average molecular weight is 202 g/mol. The molecule has 0 bridgehead atoms. The number of esters is 1. The summed E-state index contributed by atoms with van der Waals surface area (Å²) in [6.45, 7) is 10.1. The predicted molar refractivity (Wildman–Crippen MR) is 58.0 cm³/mol. The van der Waals surface area contributed by atoms with Crippen molar-refractivity contribution in [1.82, 2.24) is 0 Å². The minimum Gasteiger partial charge on any atom is -0.466 e. The lowest BCUT2D eigenvalue weighted by atomic mass is 10.3. The Hall–Kier alpha value is -0.440.